The fourth-order valence-corrected chi connectivity index (χ4v) is 2.49. The first kappa shape index (κ1) is 16.0. The van der Waals surface area contributed by atoms with Crippen LogP contribution in [0.3, 0.4) is 0 Å². The lowest BCUT2D eigenvalue weighted by molar-refractivity contribution is -0.156. The van der Waals surface area contributed by atoms with E-state index in [4.69, 9.17) is 14.6 Å². The van der Waals surface area contributed by atoms with E-state index in [9.17, 15) is 4.79 Å². The number of hydrogen-bond acceptors (Lipinski definition) is 4. The van der Waals surface area contributed by atoms with E-state index in [1.54, 1.807) is 0 Å². The summed E-state index contributed by atoms with van der Waals surface area (Å²) in [7, 11) is 0. The number of ether oxygens (including phenoxy) is 2. The van der Waals surface area contributed by atoms with Crippen LogP contribution in [0.1, 0.15) is 39.2 Å². The number of rotatable bonds is 5. The summed E-state index contributed by atoms with van der Waals surface area (Å²) < 4.78 is 11.5. The average Bonchev–Trinajstić information content (AvgIpc) is 2.75. The van der Waals surface area contributed by atoms with Crippen molar-refractivity contribution in [1.29, 1.82) is 0 Å². The number of aliphatic hydroxyl groups is 1. The van der Waals surface area contributed by atoms with Gasteiger partial charge in [0, 0.05) is 18.4 Å². The molecule has 0 saturated carbocycles. The van der Waals surface area contributed by atoms with E-state index in [-0.39, 0.29) is 18.0 Å². The molecular formula is C17H24O4. The first-order chi connectivity index (χ1) is 9.87. The van der Waals surface area contributed by atoms with Crippen LogP contribution in [0.5, 0.6) is 0 Å². The topological polar surface area (TPSA) is 55.8 Å². The Balaban J connectivity index is 2.23. The molecule has 0 unspecified atom stereocenters. The molecule has 1 aromatic rings. The predicted molar refractivity (Wildman–Crippen MR) is 79.6 cm³/mol. The summed E-state index contributed by atoms with van der Waals surface area (Å²) in [6.45, 7) is 5.98. The fourth-order valence-electron chi connectivity index (χ4n) is 2.49. The standard InChI is InChI=1S/C17H24O4/c1-16(2,3)15-20-14(19)17(21-15,10-7-11-18)12-13-8-5-4-6-9-13/h4-6,8-9,15,18H,7,10-12H2,1-3H3/t15-,17+/m1/s1. The third-order valence-corrected chi connectivity index (χ3v) is 3.70. The minimum atomic E-state index is -0.984. The summed E-state index contributed by atoms with van der Waals surface area (Å²) in [5.74, 6) is -0.320. The van der Waals surface area contributed by atoms with E-state index >= 15 is 0 Å². The van der Waals surface area contributed by atoms with Crippen LogP contribution < -0.4 is 0 Å². The van der Waals surface area contributed by atoms with Crippen molar-refractivity contribution in [3.05, 3.63) is 35.9 Å². The summed E-state index contributed by atoms with van der Waals surface area (Å²) in [5.41, 5.74) is -0.225. The number of esters is 1. The Morgan fingerprint density at radius 3 is 2.43 bits per heavy atom. The van der Waals surface area contributed by atoms with E-state index in [0.29, 0.717) is 19.3 Å². The Morgan fingerprint density at radius 2 is 1.90 bits per heavy atom. The quantitative estimate of drug-likeness (QED) is 0.848. The van der Waals surface area contributed by atoms with Gasteiger partial charge in [0.2, 0.25) is 6.29 Å². The molecule has 1 aliphatic heterocycles. The third-order valence-electron chi connectivity index (χ3n) is 3.70. The van der Waals surface area contributed by atoms with Gasteiger partial charge >= 0.3 is 5.97 Å². The van der Waals surface area contributed by atoms with Gasteiger partial charge in [-0.3, -0.25) is 0 Å². The molecule has 4 nitrogen and oxygen atoms in total. The molecule has 4 heteroatoms. The lowest BCUT2D eigenvalue weighted by Crippen LogP contribution is -2.40. The molecule has 0 aromatic heterocycles. The summed E-state index contributed by atoms with van der Waals surface area (Å²) in [5, 5.41) is 9.11. The highest BCUT2D eigenvalue weighted by Gasteiger charge is 2.52. The van der Waals surface area contributed by atoms with Gasteiger partial charge in [0.25, 0.3) is 0 Å². The molecule has 116 valence electrons. The van der Waals surface area contributed by atoms with Crippen molar-refractivity contribution < 1.29 is 19.4 Å². The lowest BCUT2D eigenvalue weighted by Gasteiger charge is -2.28. The molecule has 0 spiro atoms. The lowest BCUT2D eigenvalue weighted by atomic mass is 9.89. The van der Waals surface area contributed by atoms with Crippen LogP contribution in [0.15, 0.2) is 30.3 Å². The normalized spacial score (nSPS) is 25.9. The largest absolute Gasteiger partial charge is 0.433 e. The Bertz CT molecular complexity index is 477. The Kier molecular flexibility index (Phi) is 4.69. The number of aliphatic hydroxyl groups excluding tert-OH is 1. The van der Waals surface area contributed by atoms with Gasteiger partial charge in [-0.05, 0) is 18.4 Å². The maximum atomic E-state index is 12.4. The zero-order valence-electron chi connectivity index (χ0n) is 13.0. The molecule has 1 heterocycles. The number of benzene rings is 1. The van der Waals surface area contributed by atoms with Crippen molar-refractivity contribution >= 4 is 5.97 Å². The molecule has 0 aliphatic carbocycles. The summed E-state index contributed by atoms with van der Waals surface area (Å²) >= 11 is 0. The van der Waals surface area contributed by atoms with Crippen molar-refractivity contribution in [2.24, 2.45) is 5.41 Å². The third kappa shape index (κ3) is 3.63. The van der Waals surface area contributed by atoms with Crippen LogP contribution in [0.25, 0.3) is 0 Å². The van der Waals surface area contributed by atoms with Crippen molar-refractivity contribution in [3.63, 3.8) is 0 Å². The van der Waals surface area contributed by atoms with Crippen LogP contribution in [0, 0.1) is 5.41 Å². The first-order valence-electron chi connectivity index (χ1n) is 7.41. The number of cyclic esters (lactones) is 1. The second kappa shape index (κ2) is 6.16. The summed E-state index contributed by atoms with van der Waals surface area (Å²) in [6.07, 6.45) is 0.898. The highest BCUT2D eigenvalue weighted by atomic mass is 16.8. The maximum Gasteiger partial charge on any atom is 0.341 e. The zero-order chi connectivity index (χ0) is 15.5. The zero-order valence-corrected chi connectivity index (χ0v) is 13.0. The maximum absolute atomic E-state index is 12.4. The van der Waals surface area contributed by atoms with E-state index in [2.05, 4.69) is 0 Å². The van der Waals surface area contributed by atoms with Crippen LogP contribution >= 0.6 is 0 Å². The average molecular weight is 292 g/mol. The molecule has 2 rings (SSSR count). The van der Waals surface area contributed by atoms with Crippen molar-refractivity contribution in [2.75, 3.05) is 6.61 Å². The molecule has 1 N–H and O–H groups in total. The Labute approximate surface area is 126 Å². The Hall–Kier alpha value is -1.39. The molecule has 2 atom stereocenters. The number of carbonyl (C=O) groups is 1. The van der Waals surface area contributed by atoms with Crippen LogP contribution in [0.4, 0.5) is 0 Å². The van der Waals surface area contributed by atoms with Crippen LogP contribution in [-0.2, 0) is 20.7 Å². The highest BCUT2D eigenvalue weighted by Crippen LogP contribution is 2.39. The van der Waals surface area contributed by atoms with Gasteiger partial charge < -0.3 is 14.6 Å². The Morgan fingerprint density at radius 1 is 1.24 bits per heavy atom. The van der Waals surface area contributed by atoms with Crippen LogP contribution in [-0.4, -0.2) is 29.6 Å². The molecule has 1 aliphatic rings. The van der Waals surface area contributed by atoms with Gasteiger partial charge in [-0.25, -0.2) is 4.79 Å². The fraction of sp³-hybridized carbons (Fsp3) is 0.588. The van der Waals surface area contributed by atoms with Gasteiger partial charge in [-0.2, -0.15) is 0 Å². The first-order valence-corrected chi connectivity index (χ1v) is 7.41. The summed E-state index contributed by atoms with van der Waals surface area (Å²) in [6, 6.07) is 9.77. The van der Waals surface area contributed by atoms with E-state index in [1.807, 2.05) is 51.1 Å². The van der Waals surface area contributed by atoms with E-state index in [1.165, 1.54) is 0 Å². The smallest absolute Gasteiger partial charge is 0.341 e. The molecule has 21 heavy (non-hydrogen) atoms. The second-order valence-electron chi connectivity index (χ2n) is 6.70. The molecule has 1 saturated heterocycles. The summed E-state index contributed by atoms with van der Waals surface area (Å²) in [4.78, 5) is 12.4. The molecular weight excluding hydrogens is 268 g/mol. The van der Waals surface area contributed by atoms with Crippen molar-refractivity contribution in [3.8, 4) is 0 Å². The van der Waals surface area contributed by atoms with Gasteiger partial charge in [-0.1, -0.05) is 51.1 Å². The molecule has 1 fully saturated rings. The van der Waals surface area contributed by atoms with E-state index < -0.39 is 11.9 Å². The molecule has 0 radical (unpaired) electrons. The predicted octanol–water partition coefficient (Wildman–Crippen LogP) is 2.69. The van der Waals surface area contributed by atoms with Gasteiger partial charge in [0.15, 0.2) is 5.60 Å². The molecule has 1 aromatic carbocycles. The second-order valence-corrected chi connectivity index (χ2v) is 6.70. The highest BCUT2D eigenvalue weighted by molar-refractivity contribution is 5.81. The van der Waals surface area contributed by atoms with Crippen molar-refractivity contribution in [1.82, 2.24) is 0 Å². The molecule has 0 amide bonds. The van der Waals surface area contributed by atoms with Gasteiger partial charge in [0.1, 0.15) is 0 Å². The minimum Gasteiger partial charge on any atom is -0.433 e. The van der Waals surface area contributed by atoms with E-state index in [0.717, 1.165) is 5.56 Å². The monoisotopic (exact) mass is 292 g/mol. The number of hydrogen-bond donors (Lipinski definition) is 1. The van der Waals surface area contributed by atoms with Gasteiger partial charge in [0.05, 0.1) is 0 Å². The minimum absolute atomic E-state index is 0.0351. The van der Waals surface area contributed by atoms with Crippen LogP contribution in [0.2, 0.25) is 0 Å². The SMILES string of the molecule is CC(C)(C)[C@@H]1OC(=O)[C@](CCCO)(Cc2ccccc2)O1. The molecule has 0 bridgehead atoms. The van der Waals surface area contributed by atoms with Gasteiger partial charge in [-0.15, -0.1) is 0 Å². The number of carbonyl (C=O) groups excluding carboxylic acids is 1. The van der Waals surface area contributed by atoms with Crippen molar-refractivity contribution in [2.45, 2.75) is 51.9 Å².